The number of para-hydroxylation sites is 1. The maximum absolute atomic E-state index is 12.5. The Morgan fingerprint density at radius 2 is 1.73 bits per heavy atom. The minimum atomic E-state index is -0.120. The Morgan fingerprint density at radius 1 is 1.00 bits per heavy atom. The van der Waals surface area contributed by atoms with Crippen molar-refractivity contribution in [3.05, 3.63) is 60.4 Å². The summed E-state index contributed by atoms with van der Waals surface area (Å²) in [6, 6.07) is 12.9. The molecular formula is C17H17N3O2. The van der Waals surface area contributed by atoms with Crippen LogP contribution in [0.15, 0.2) is 54.9 Å². The summed E-state index contributed by atoms with van der Waals surface area (Å²) >= 11 is 0. The zero-order chi connectivity index (χ0) is 15.4. The first kappa shape index (κ1) is 14.3. The normalized spacial score (nSPS) is 15.5. The van der Waals surface area contributed by atoms with Gasteiger partial charge >= 0.3 is 0 Å². The third kappa shape index (κ3) is 2.98. The molecule has 1 aromatic heterocycles. The van der Waals surface area contributed by atoms with Crippen LogP contribution in [0, 0.1) is 0 Å². The fraction of sp³-hybridized carbons (Fsp3) is 0.235. The Bertz CT molecular complexity index is 658. The Balaban J connectivity index is 1.76. The number of carbonyl (C=O) groups excluding carboxylic acids is 2. The second kappa shape index (κ2) is 6.39. The zero-order valence-electron chi connectivity index (χ0n) is 12.2. The molecule has 3 rings (SSSR count). The maximum atomic E-state index is 12.5. The molecule has 0 spiro atoms. The summed E-state index contributed by atoms with van der Waals surface area (Å²) < 4.78 is 0. The first-order valence-electron chi connectivity index (χ1n) is 7.30. The molecule has 1 saturated heterocycles. The number of anilines is 1. The molecule has 0 saturated carbocycles. The Kier molecular flexibility index (Phi) is 4.14. The molecule has 1 aromatic carbocycles. The van der Waals surface area contributed by atoms with E-state index in [1.165, 1.54) is 0 Å². The van der Waals surface area contributed by atoms with Crippen LogP contribution < -0.4 is 4.90 Å². The van der Waals surface area contributed by atoms with Crippen LogP contribution in [0.5, 0.6) is 0 Å². The van der Waals surface area contributed by atoms with Crippen LogP contribution in [0.4, 0.5) is 5.69 Å². The van der Waals surface area contributed by atoms with Gasteiger partial charge < -0.3 is 9.80 Å². The van der Waals surface area contributed by atoms with Crippen LogP contribution in [0.3, 0.4) is 0 Å². The van der Waals surface area contributed by atoms with Crippen molar-refractivity contribution in [2.24, 2.45) is 0 Å². The molecule has 112 valence electrons. The highest BCUT2D eigenvalue weighted by Crippen LogP contribution is 2.17. The Labute approximate surface area is 129 Å². The molecule has 1 aliphatic rings. The van der Waals surface area contributed by atoms with Crippen molar-refractivity contribution in [2.75, 3.05) is 24.5 Å². The van der Waals surface area contributed by atoms with Crippen LogP contribution in [-0.4, -0.2) is 41.3 Å². The second-order valence-electron chi connectivity index (χ2n) is 5.20. The number of amides is 2. The number of pyridine rings is 1. The van der Waals surface area contributed by atoms with E-state index in [4.69, 9.17) is 0 Å². The molecule has 0 atom stereocenters. The topological polar surface area (TPSA) is 53.5 Å². The van der Waals surface area contributed by atoms with E-state index in [0.717, 1.165) is 12.1 Å². The predicted octanol–water partition coefficient (Wildman–Crippen LogP) is 1.96. The zero-order valence-corrected chi connectivity index (χ0v) is 12.2. The molecule has 0 N–H and O–H groups in total. The SMILES string of the molecule is O=C(c1ccncc1)N1CCCN(c2ccccc2)C(=O)C1. The van der Waals surface area contributed by atoms with Crippen molar-refractivity contribution in [3.63, 3.8) is 0 Å². The lowest BCUT2D eigenvalue weighted by Crippen LogP contribution is -2.39. The summed E-state index contributed by atoms with van der Waals surface area (Å²) in [5.74, 6) is -0.170. The van der Waals surface area contributed by atoms with Gasteiger partial charge in [-0.2, -0.15) is 0 Å². The molecule has 1 fully saturated rings. The molecule has 5 nitrogen and oxygen atoms in total. The van der Waals surface area contributed by atoms with Crippen molar-refractivity contribution in [1.82, 2.24) is 9.88 Å². The van der Waals surface area contributed by atoms with E-state index in [-0.39, 0.29) is 18.4 Å². The molecule has 22 heavy (non-hydrogen) atoms. The number of aromatic nitrogens is 1. The molecule has 2 aromatic rings. The first-order valence-corrected chi connectivity index (χ1v) is 7.30. The van der Waals surface area contributed by atoms with Gasteiger partial charge in [0, 0.05) is 36.7 Å². The quantitative estimate of drug-likeness (QED) is 0.851. The van der Waals surface area contributed by atoms with E-state index in [1.54, 1.807) is 34.3 Å². The van der Waals surface area contributed by atoms with Gasteiger partial charge in [0.1, 0.15) is 6.54 Å². The summed E-state index contributed by atoms with van der Waals surface area (Å²) in [5, 5.41) is 0. The molecule has 0 bridgehead atoms. The van der Waals surface area contributed by atoms with Crippen molar-refractivity contribution >= 4 is 17.5 Å². The number of rotatable bonds is 2. The van der Waals surface area contributed by atoms with Gasteiger partial charge in [0.2, 0.25) is 5.91 Å². The van der Waals surface area contributed by atoms with E-state index in [9.17, 15) is 9.59 Å². The van der Waals surface area contributed by atoms with Crippen LogP contribution in [0.2, 0.25) is 0 Å². The second-order valence-corrected chi connectivity index (χ2v) is 5.20. The van der Waals surface area contributed by atoms with Gasteiger partial charge in [-0.25, -0.2) is 0 Å². The van der Waals surface area contributed by atoms with E-state index < -0.39 is 0 Å². The molecule has 1 aliphatic heterocycles. The molecule has 2 heterocycles. The van der Waals surface area contributed by atoms with Gasteiger partial charge in [-0.05, 0) is 30.7 Å². The third-order valence-electron chi connectivity index (χ3n) is 3.72. The van der Waals surface area contributed by atoms with Crippen molar-refractivity contribution in [3.8, 4) is 0 Å². The Morgan fingerprint density at radius 3 is 2.45 bits per heavy atom. The van der Waals surface area contributed by atoms with Crippen molar-refractivity contribution < 1.29 is 9.59 Å². The summed E-state index contributed by atoms with van der Waals surface area (Å²) in [5.41, 5.74) is 1.45. The fourth-order valence-corrected chi connectivity index (χ4v) is 2.60. The molecule has 2 amide bonds. The van der Waals surface area contributed by atoms with Gasteiger partial charge in [0.05, 0.1) is 0 Å². The van der Waals surface area contributed by atoms with Gasteiger partial charge in [-0.15, -0.1) is 0 Å². The Hall–Kier alpha value is -2.69. The first-order chi connectivity index (χ1) is 10.8. The van der Waals surface area contributed by atoms with E-state index >= 15 is 0 Å². The van der Waals surface area contributed by atoms with Gasteiger partial charge in [0.25, 0.3) is 5.91 Å². The smallest absolute Gasteiger partial charge is 0.254 e. The highest BCUT2D eigenvalue weighted by Gasteiger charge is 2.26. The molecule has 5 heteroatoms. The summed E-state index contributed by atoms with van der Waals surface area (Å²) in [6.07, 6.45) is 3.93. The van der Waals surface area contributed by atoms with Gasteiger partial charge in [-0.1, -0.05) is 18.2 Å². The molecule has 0 aliphatic carbocycles. The largest absolute Gasteiger partial charge is 0.329 e. The lowest BCUT2D eigenvalue weighted by molar-refractivity contribution is -0.118. The van der Waals surface area contributed by atoms with Crippen LogP contribution >= 0.6 is 0 Å². The van der Waals surface area contributed by atoms with E-state index in [1.807, 2.05) is 30.3 Å². The minimum Gasteiger partial charge on any atom is -0.329 e. The number of hydrogen-bond acceptors (Lipinski definition) is 3. The van der Waals surface area contributed by atoms with Gasteiger partial charge in [0.15, 0.2) is 0 Å². The highest BCUT2D eigenvalue weighted by molar-refractivity contribution is 6.00. The van der Waals surface area contributed by atoms with Crippen LogP contribution in [0.1, 0.15) is 16.8 Å². The third-order valence-corrected chi connectivity index (χ3v) is 3.72. The lowest BCUT2D eigenvalue weighted by Gasteiger charge is -2.22. The molecule has 0 radical (unpaired) electrons. The average molecular weight is 295 g/mol. The monoisotopic (exact) mass is 295 g/mol. The number of nitrogens with zero attached hydrogens (tertiary/aromatic N) is 3. The fourth-order valence-electron chi connectivity index (χ4n) is 2.60. The summed E-state index contributed by atoms with van der Waals surface area (Å²) in [7, 11) is 0. The number of hydrogen-bond donors (Lipinski definition) is 0. The van der Waals surface area contributed by atoms with Crippen molar-refractivity contribution in [2.45, 2.75) is 6.42 Å². The lowest BCUT2D eigenvalue weighted by atomic mass is 10.2. The van der Waals surface area contributed by atoms with E-state index in [2.05, 4.69) is 4.98 Å². The molecule has 0 unspecified atom stereocenters. The standard InChI is InChI=1S/C17H17N3O2/c21-16-13-19(17(22)14-7-9-18-10-8-14)11-4-12-20(16)15-5-2-1-3-6-15/h1-3,5-10H,4,11-13H2. The predicted molar refractivity (Wildman–Crippen MR) is 83.6 cm³/mol. The van der Waals surface area contributed by atoms with Crippen LogP contribution in [0.25, 0.3) is 0 Å². The van der Waals surface area contributed by atoms with Gasteiger partial charge in [-0.3, -0.25) is 14.6 Å². The average Bonchev–Trinajstić information content (AvgIpc) is 2.77. The number of benzene rings is 1. The van der Waals surface area contributed by atoms with Crippen LogP contribution in [-0.2, 0) is 4.79 Å². The van der Waals surface area contributed by atoms with Crippen molar-refractivity contribution in [1.29, 1.82) is 0 Å². The van der Waals surface area contributed by atoms with E-state index in [0.29, 0.717) is 18.7 Å². The maximum Gasteiger partial charge on any atom is 0.254 e. The summed E-state index contributed by atoms with van der Waals surface area (Å²) in [6.45, 7) is 1.31. The minimum absolute atomic E-state index is 0.0499. The highest BCUT2D eigenvalue weighted by atomic mass is 16.2. The number of carbonyl (C=O) groups is 2. The summed E-state index contributed by atoms with van der Waals surface area (Å²) in [4.78, 5) is 32.2. The molecular weight excluding hydrogens is 278 g/mol.